The van der Waals surface area contributed by atoms with Crippen molar-refractivity contribution in [3.05, 3.63) is 83.2 Å². The van der Waals surface area contributed by atoms with Gasteiger partial charge in [0.05, 0.1) is 36.8 Å². The minimum absolute atomic E-state index is 0.00227. The normalized spacial score (nSPS) is 15.9. The molecule has 1 saturated heterocycles. The Labute approximate surface area is 214 Å². The molecule has 8 heteroatoms. The number of imidazole rings is 1. The van der Waals surface area contributed by atoms with E-state index < -0.39 is 9.84 Å². The molecule has 0 bridgehead atoms. The van der Waals surface area contributed by atoms with Gasteiger partial charge >= 0.3 is 0 Å². The van der Waals surface area contributed by atoms with Gasteiger partial charge in [-0.25, -0.2) is 13.4 Å². The van der Waals surface area contributed by atoms with Crippen molar-refractivity contribution in [2.75, 3.05) is 13.2 Å². The number of nitrogens with zero attached hydrogens (tertiary/aromatic N) is 3. The van der Waals surface area contributed by atoms with E-state index in [0.717, 1.165) is 29.5 Å². The van der Waals surface area contributed by atoms with Crippen molar-refractivity contribution < 1.29 is 17.9 Å². The quantitative estimate of drug-likeness (QED) is 0.405. The second-order valence-corrected chi connectivity index (χ2v) is 11.7. The minimum Gasteiger partial charge on any atom is -0.376 e. The Balaban J connectivity index is 1.70. The molecule has 1 atom stereocenters. The molecule has 1 aromatic heterocycles. The third-order valence-corrected chi connectivity index (χ3v) is 8.15. The fraction of sp³-hybridized carbons (Fsp3) is 0.429. The van der Waals surface area contributed by atoms with Gasteiger partial charge in [0.25, 0.3) is 0 Å². The maximum Gasteiger partial charge on any atom is 0.228 e. The van der Waals surface area contributed by atoms with Crippen molar-refractivity contribution in [1.29, 1.82) is 0 Å². The van der Waals surface area contributed by atoms with Gasteiger partial charge in [0, 0.05) is 19.1 Å². The van der Waals surface area contributed by atoms with Crippen LogP contribution in [0.2, 0.25) is 0 Å². The van der Waals surface area contributed by atoms with Gasteiger partial charge < -0.3 is 14.2 Å². The van der Waals surface area contributed by atoms with Gasteiger partial charge in [-0.15, -0.1) is 0 Å². The fourth-order valence-corrected chi connectivity index (χ4v) is 6.16. The monoisotopic (exact) mass is 509 g/mol. The van der Waals surface area contributed by atoms with E-state index in [1.807, 2.05) is 75.4 Å². The van der Waals surface area contributed by atoms with Crippen molar-refractivity contribution in [2.24, 2.45) is 5.92 Å². The van der Waals surface area contributed by atoms with Crippen LogP contribution in [0.4, 0.5) is 0 Å². The lowest BCUT2D eigenvalue weighted by Gasteiger charge is -2.27. The van der Waals surface area contributed by atoms with E-state index in [2.05, 4.69) is 4.98 Å². The Bertz CT molecular complexity index is 1280. The van der Waals surface area contributed by atoms with Crippen LogP contribution in [0.5, 0.6) is 0 Å². The van der Waals surface area contributed by atoms with Crippen molar-refractivity contribution in [3.8, 4) is 0 Å². The molecule has 7 nitrogen and oxygen atoms in total. The highest BCUT2D eigenvalue weighted by molar-refractivity contribution is 7.90. The molecule has 192 valence electrons. The van der Waals surface area contributed by atoms with Gasteiger partial charge in [0.15, 0.2) is 0 Å². The zero-order valence-corrected chi connectivity index (χ0v) is 22.1. The second-order valence-electron chi connectivity index (χ2n) is 9.80. The van der Waals surface area contributed by atoms with Gasteiger partial charge in [-0.05, 0) is 36.5 Å². The van der Waals surface area contributed by atoms with E-state index in [0.29, 0.717) is 25.4 Å². The third-order valence-electron chi connectivity index (χ3n) is 6.58. The summed E-state index contributed by atoms with van der Waals surface area (Å²) in [6.07, 6.45) is 3.51. The fourth-order valence-electron chi connectivity index (χ4n) is 4.57. The average molecular weight is 510 g/mol. The molecule has 2 heterocycles. The van der Waals surface area contributed by atoms with E-state index >= 15 is 0 Å². The molecule has 1 aliphatic rings. The predicted octanol–water partition coefficient (Wildman–Crippen LogP) is 4.38. The van der Waals surface area contributed by atoms with Gasteiger partial charge in [-0.3, -0.25) is 4.79 Å². The maximum atomic E-state index is 13.6. The highest BCUT2D eigenvalue weighted by Crippen LogP contribution is 2.23. The molecule has 1 aliphatic heterocycles. The molecule has 1 unspecified atom stereocenters. The lowest BCUT2D eigenvalue weighted by Crippen LogP contribution is -2.39. The summed E-state index contributed by atoms with van der Waals surface area (Å²) in [5.41, 5.74) is 3.33. The number of carbonyl (C=O) groups excluding carboxylic acids is 1. The van der Waals surface area contributed by atoms with Crippen LogP contribution in [0, 0.1) is 12.8 Å². The highest BCUT2D eigenvalue weighted by Gasteiger charge is 2.28. The maximum absolute atomic E-state index is 13.6. The number of benzene rings is 2. The predicted molar refractivity (Wildman–Crippen MR) is 139 cm³/mol. The number of amides is 1. The highest BCUT2D eigenvalue weighted by atomic mass is 32.2. The summed E-state index contributed by atoms with van der Waals surface area (Å²) in [6.45, 7) is 7.49. The topological polar surface area (TPSA) is 81.5 Å². The van der Waals surface area contributed by atoms with Crippen LogP contribution in [0.25, 0.3) is 0 Å². The van der Waals surface area contributed by atoms with Gasteiger partial charge in [0.2, 0.25) is 20.9 Å². The lowest BCUT2D eigenvalue weighted by atomic mass is 10.1. The van der Waals surface area contributed by atoms with Crippen LogP contribution >= 0.6 is 0 Å². The molecule has 1 fully saturated rings. The number of sulfone groups is 1. The molecule has 0 radical (unpaired) electrons. The third kappa shape index (κ3) is 6.23. The number of ether oxygens (including phenoxy) is 1. The van der Waals surface area contributed by atoms with Crippen LogP contribution < -0.4 is 0 Å². The van der Waals surface area contributed by atoms with Crippen molar-refractivity contribution >= 4 is 15.7 Å². The lowest BCUT2D eigenvalue weighted by molar-refractivity contribution is -0.136. The molecule has 4 rings (SSSR count). The number of rotatable bonds is 10. The second kappa shape index (κ2) is 11.4. The van der Waals surface area contributed by atoms with Crippen LogP contribution in [-0.2, 0) is 38.2 Å². The molecule has 3 aromatic rings. The Morgan fingerprint density at radius 2 is 1.86 bits per heavy atom. The SMILES string of the molecule is Cc1ccccc1CS(=O)(=O)c1ncc(CN(CC2CCCO2)C(=O)C(C)C)n1Cc1ccccc1. The minimum atomic E-state index is -3.74. The Morgan fingerprint density at radius 1 is 1.14 bits per heavy atom. The Kier molecular flexibility index (Phi) is 8.26. The zero-order chi connectivity index (χ0) is 25.7. The largest absolute Gasteiger partial charge is 0.376 e. The standard InChI is InChI=1S/C28H35N3O4S/c1-21(2)27(32)30(19-26-14-9-15-35-26)18-25-16-29-28(31(25)17-23-11-5-4-6-12-23)36(33,34)20-24-13-8-7-10-22(24)3/h4-8,10-13,16,21,26H,9,14-15,17-20H2,1-3H3. The number of hydrogen-bond acceptors (Lipinski definition) is 5. The van der Waals surface area contributed by atoms with Gasteiger partial charge in [0.1, 0.15) is 0 Å². The molecule has 0 saturated carbocycles. The summed E-state index contributed by atoms with van der Waals surface area (Å²) in [4.78, 5) is 19.3. The van der Waals surface area contributed by atoms with Crippen LogP contribution in [0.15, 0.2) is 66.0 Å². The number of aromatic nitrogens is 2. The Morgan fingerprint density at radius 3 is 2.53 bits per heavy atom. The summed E-state index contributed by atoms with van der Waals surface area (Å²) >= 11 is 0. The van der Waals surface area contributed by atoms with E-state index in [4.69, 9.17) is 4.74 Å². The van der Waals surface area contributed by atoms with Crippen LogP contribution in [0.3, 0.4) is 0 Å². The van der Waals surface area contributed by atoms with Crippen molar-refractivity contribution in [3.63, 3.8) is 0 Å². The molecule has 2 aromatic carbocycles. The van der Waals surface area contributed by atoms with Gasteiger partial charge in [-0.1, -0.05) is 68.4 Å². The number of aryl methyl sites for hydroxylation is 1. The van der Waals surface area contributed by atoms with Gasteiger partial charge in [-0.2, -0.15) is 0 Å². The first-order chi connectivity index (χ1) is 17.2. The first kappa shape index (κ1) is 26.1. The van der Waals surface area contributed by atoms with E-state index in [1.165, 1.54) is 0 Å². The first-order valence-corrected chi connectivity index (χ1v) is 14.2. The van der Waals surface area contributed by atoms with Crippen LogP contribution in [-0.4, -0.2) is 48.0 Å². The van der Waals surface area contributed by atoms with Crippen molar-refractivity contribution in [1.82, 2.24) is 14.5 Å². The number of carbonyl (C=O) groups is 1. The smallest absolute Gasteiger partial charge is 0.228 e. The summed E-state index contributed by atoms with van der Waals surface area (Å²) < 4.78 is 34.8. The van der Waals surface area contributed by atoms with E-state index in [1.54, 1.807) is 15.7 Å². The molecule has 36 heavy (non-hydrogen) atoms. The molecular formula is C28H35N3O4S. The molecule has 0 N–H and O–H groups in total. The first-order valence-electron chi connectivity index (χ1n) is 12.5. The summed E-state index contributed by atoms with van der Waals surface area (Å²) in [5, 5.41) is 0.0265. The average Bonchev–Trinajstić information content (AvgIpc) is 3.51. The summed E-state index contributed by atoms with van der Waals surface area (Å²) in [7, 11) is -3.74. The Hall–Kier alpha value is -2.97. The summed E-state index contributed by atoms with van der Waals surface area (Å²) in [6, 6.07) is 17.2. The molecular weight excluding hydrogens is 474 g/mol. The van der Waals surface area contributed by atoms with Crippen molar-refractivity contribution in [2.45, 2.75) is 63.7 Å². The van der Waals surface area contributed by atoms with E-state index in [-0.39, 0.29) is 35.4 Å². The zero-order valence-electron chi connectivity index (χ0n) is 21.3. The molecule has 0 aliphatic carbocycles. The molecule has 0 spiro atoms. The number of hydrogen-bond donors (Lipinski definition) is 0. The molecule has 1 amide bonds. The van der Waals surface area contributed by atoms with E-state index in [9.17, 15) is 13.2 Å². The van der Waals surface area contributed by atoms with Crippen LogP contribution in [0.1, 0.15) is 49.1 Å². The summed E-state index contributed by atoms with van der Waals surface area (Å²) in [5.74, 6) is -0.293.